The second-order valence-electron chi connectivity index (χ2n) is 7.36. The SMILES string of the molecule is C[C@@H]1CCC[C@@H](C)N1C(=O)CN1C(=O)N[C@](C)(c2ccccc2Cl)C1=O. The van der Waals surface area contributed by atoms with Crippen LogP contribution >= 0.6 is 11.6 Å². The molecule has 140 valence electrons. The molecule has 0 aliphatic carbocycles. The summed E-state index contributed by atoms with van der Waals surface area (Å²) in [6.07, 6.45) is 2.96. The smallest absolute Gasteiger partial charge is 0.325 e. The molecule has 7 heteroatoms. The van der Waals surface area contributed by atoms with Gasteiger partial charge in [-0.15, -0.1) is 0 Å². The predicted octanol–water partition coefficient (Wildman–Crippen LogP) is 2.90. The summed E-state index contributed by atoms with van der Waals surface area (Å²) < 4.78 is 0. The number of nitrogens with one attached hydrogen (secondary N) is 1. The number of amides is 4. The summed E-state index contributed by atoms with van der Waals surface area (Å²) in [5.74, 6) is -0.655. The van der Waals surface area contributed by atoms with E-state index in [0.29, 0.717) is 10.6 Å². The zero-order chi connectivity index (χ0) is 19.1. The number of nitrogens with zero attached hydrogens (tertiary/aromatic N) is 2. The average molecular weight is 378 g/mol. The highest BCUT2D eigenvalue weighted by molar-refractivity contribution is 6.32. The summed E-state index contributed by atoms with van der Waals surface area (Å²) in [5.41, 5.74) is -0.746. The summed E-state index contributed by atoms with van der Waals surface area (Å²) in [5, 5.41) is 3.10. The molecule has 0 radical (unpaired) electrons. The molecule has 3 atom stereocenters. The first-order valence-electron chi connectivity index (χ1n) is 8.96. The van der Waals surface area contributed by atoms with Crippen LogP contribution in [0.2, 0.25) is 5.02 Å². The molecule has 1 N–H and O–H groups in total. The number of carbonyl (C=O) groups excluding carboxylic acids is 3. The second kappa shape index (κ2) is 6.91. The van der Waals surface area contributed by atoms with Crippen LogP contribution in [0.15, 0.2) is 24.3 Å². The zero-order valence-corrected chi connectivity index (χ0v) is 16.0. The molecule has 0 aromatic heterocycles. The molecule has 0 bridgehead atoms. The van der Waals surface area contributed by atoms with E-state index < -0.39 is 17.5 Å². The summed E-state index contributed by atoms with van der Waals surface area (Å²) in [4.78, 5) is 41.0. The number of rotatable bonds is 3. The van der Waals surface area contributed by atoms with Crippen molar-refractivity contribution in [1.29, 1.82) is 0 Å². The molecule has 2 saturated heterocycles. The minimum atomic E-state index is -1.27. The summed E-state index contributed by atoms with van der Waals surface area (Å²) >= 11 is 6.22. The van der Waals surface area contributed by atoms with Crippen LogP contribution in [-0.2, 0) is 15.1 Å². The molecule has 0 saturated carbocycles. The lowest BCUT2D eigenvalue weighted by Gasteiger charge is -2.39. The molecular formula is C19H24ClN3O3. The molecule has 2 aliphatic rings. The van der Waals surface area contributed by atoms with Crippen molar-refractivity contribution in [3.8, 4) is 0 Å². The van der Waals surface area contributed by atoms with Crippen molar-refractivity contribution in [2.24, 2.45) is 0 Å². The zero-order valence-electron chi connectivity index (χ0n) is 15.3. The highest BCUT2D eigenvalue weighted by atomic mass is 35.5. The van der Waals surface area contributed by atoms with E-state index in [1.54, 1.807) is 36.1 Å². The van der Waals surface area contributed by atoms with E-state index in [-0.39, 0.29) is 24.5 Å². The molecule has 26 heavy (non-hydrogen) atoms. The molecule has 3 rings (SSSR count). The Kier molecular flexibility index (Phi) is 4.97. The molecular weight excluding hydrogens is 354 g/mol. The van der Waals surface area contributed by atoms with Crippen molar-refractivity contribution in [3.05, 3.63) is 34.9 Å². The number of hydrogen-bond acceptors (Lipinski definition) is 3. The highest BCUT2D eigenvalue weighted by Gasteiger charge is 2.50. The molecule has 2 aliphatic heterocycles. The second-order valence-corrected chi connectivity index (χ2v) is 7.76. The normalized spacial score (nSPS) is 29.1. The number of benzene rings is 1. The topological polar surface area (TPSA) is 69.7 Å². The van der Waals surface area contributed by atoms with Gasteiger partial charge < -0.3 is 10.2 Å². The van der Waals surface area contributed by atoms with Crippen LogP contribution < -0.4 is 5.32 Å². The lowest BCUT2D eigenvalue weighted by Crippen LogP contribution is -2.52. The predicted molar refractivity (Wildman–Crippen MR) is 98.7 cm³/mol. The van der Waals surface area contributed by atoms with Crippen LogP contribution in [0, 0.1) is 0 Å². The fourth-order valence-electron chi connectivity index (χ4n) is 4.02. The first-order chi connectivity index (χ1) is 12.3. The standard InChI is InChI=1S/C19H24ClN3O3/c1-12-7-6-8-13(2)23(12)16(24)11-22-17(25)19(3,21-18(22)26)14-9-4-5-10-15(14)20/h4-5,9-10,12-13H,6-8,11H2,1-3H3,(H,21,26)/t12-,13-,19-/m1/s1. The summed E-state index contributed by atoms with van der Waals surface area (Å²) in [7, 11) is 0. The fraction of sp³-hybridized carbons (Fsp3) is 0.526. The van der Waals surface area contributed by atoms with Crippen LogP contribution in [0.1, 0.15) is 45.6 Å². The first kappa shape index (κ1) is 18.7. The maximum absolute atomic E-state index is 13.0. The lowest BCUT2D eigenvalue weighted by molar-refractivity contribution is -0.142. The van der Waals surface area contributed by atoms with E-state index in [1.807, 2.05) is 13.8 Å². The Labute approximate surface area is 158 Å². The number of carbonyl (C=O) groups is 3. The molecule has 1 aromatic rings. The van der Waals surface area contributed by atoms with Gasteiger partial charge in [0.05, 0.1) is 0 Å². The minimum absolute atomic E-state index is 0.113. The Balaban J connectivity index is 1.81. The monoisotopic (exact) mass is 377 g/mol. The van der Waals surface area contributed by atoms with Crippen molar-refractivity contribution in [1.82, 2.24) is 15.1 Å². The summed E-state index contributed by atoms with van der Waals surface area (Å²) in [6.45, 7) is 5.38. The summed E-state index contributed by atoms with van der Waals surface area (Å²) in [6, 6.07) is 6.56. The molecule has 0 unspecified atom stereocenters. The van der Waals surface area contributed by atoms with E-state index in [0.717, 1.165) is 24.2 Å². The molecule has 4 amide bonds. The van der Waals surface area contributed by atoms with Crippen LogP contribution in [0.5, 0.6) is 0 Å². The van der Waals surface area contributed by atoms with Crippen LogP contribution in [0.25, 0.3) is 0 Å². The largest absolute Gasteiger partial charge is 0.336 e. The van der Waals surface area contributed by atoms with Gasteiger partial charge in [0.1, 0.15) is 12.1 Å². The van der Waals surface area contributed by atoms with Crippen molar-refractivity contribution in [3.63, 3.8) is 0 Å². The Morgan fingerprint density at radius 1 is 1.23 bits per heavy atom. The van der Waals surface area contributed by atoms with E-state index in [9.17, 15) is 14.4 Å². The third-order valence-electron chi connectivity index (χ3n) is 5.46. The molecule has 2 fully saturated rings. The van der Waals surface area contributed by atoms with Crippen LogP contribution in [-0.4, -0.2) is 46.3 Å². The third kappa shape index (κ3) is 3.07. The van der Waals surface area contributed by atoms with Gasteiger partial charge in [0, 0.05) is 22.7 Å². The Morgan fingerprint density at radius 2 is 1.85 bits per heavy atom. The van der Waals surface area contributed by atoms with Gasteiger partial charge in [-0.05, 0) is 46.1 Å². The Morgan fingerprint density at radius 3 is 2.46 bits per heavy atom. The van der Waals surface area contributed by atoms with Gasteiger partial charge in [0.15, 0.2) is 0 Å². The van der Waals surface area contributed by atoms with Crippen molar-refractivity contribution in [2.75, 3.05) is 6.54 Å². The minimum Gasteiger partial charge on any atom is -0.336 e. The van der Waals surface area contributed by atoms with E-state index in [4.69, 9.17) is 11.6 Å². The van der Waals surface area contributed by atoms with Gasteiger partial charge in [-0.25, -0.2) is 4.79 Å². The fourth-order valence-corrected chi connectivity index (χ4v) is 4.34. The van der Waals surface area contributed by atoms with Crippen LogP contribution in [0.4, 0.5) is 4.79 Å². The molecule has 1 aromatic carbocycles. The number of likely N-dealkylation sites (tertiary alicyclic amines) is 1. The van der Waals surface area contributed by atoms with Crippen molar-refractivity contribution in [2.45, 2.75) is 57.7 Å². The van der Waals surface area contributed by atoms with Crippen molar-refractivity contribution >= 4 is 29.4 Å². The van der Waals surface area contributed by atoms with Gasteiger partial charge >= 0.3 is 6.03 Å². The Bertz CT molecular complexity index is 743. The Hall–Kier alpha value is -2.08. The number of imide groups is 1. The van der Waals surface area contributed by atoms with E-state index in [1.165, 1.54) is 0 Å². The van der Waals surface area contributed by atoms with Crippen LogP contribution in [0.3, 0.4) is 0 Å². The van der Waals surface area contributed by atoms with E-state index in [2.05, 4.69) is 5.32 Å². The van der Waals surface area contributed by atoms with Crippen molar-refractivity contribution < 1.29 is 14.4 Å². The maximum Gasteiger partial charge on any atom is 0.325 e. The molecule has 6 nitrogen and oxygen atoms in total. The van der Waals surface area contributed by atoms with Gasteiger partial charge in [0.25, 0.3) is 5.91 Å². The van der Waals surface area contributed by atoms with Gasteiger partial charge in [-0.3, -0.25) is 14.5 Å². The number of hydrogen-bond donors (Lipinski definition) is 1. The molecule has 0 spiro atoms. The van der Waals surface area contributed by atoms with Gasteiger partial charge in [-0.1, -0.05) is 29.8 Å². The number of piperidine rings is 1. The van der Waals surface area contributed by atoms with Gasteiger partial charge in [0.2, 0.25) is 5.91 Å². The first-order valence-corrected chi connectivity index (χ1v) is 9.33. The average Bonchev–Trinajstić information content (AvgIpc) is 2.79. The quantitative estimate of drug-likeness (QED) is 0.823. The van der Waals surface area contributed by atoms with E-state index >= 15 is 0 Å². The number of urea groups is 1. The number of halogens is 1. The lowest BCUT2D eigenvalue weighted by atomic mass is 9.92. The highest BCUT2D eigenvalue weighted by Crippen LogP contribution is 2.33. The molecule has 2 heterocycles. The maximum atomic E-state index is 13.0. The van der Waals surface area contributed by atoms with Gasteiger partial charge in [-0.2, -0.15) is 0 Å². The third-order valence-corrected chi connectivity index (χ3v) is 5.79.